The fourth-order valence-electron chi connectivity index (χ4n) is 3.46. The van der Waals surface area contributed by atoms with Gasteiger partial charge in [-0.05, 0) is 49.4 Å². The second-order valence-corrected chi connectivity index (χ2v) is 7.44. The Morgan fingerprint density at radius 3 is 2.38 bits per heavy atom. The van der Waals surface area contributed by atoms with Crippen LogP contribution in [0.2, 0.25) is 0 Å². The minimum Gasteiger partial charge on any atom is -0.346 e. The van der Waals surface area contributed by atoms with E-state index < -0.39 is 11.8 Å². The Morgan fingerprint density at radius 1 is 1.03 bits per heavy atom. The Morgan fingerprint density at radius 2 is 1.72 bits per heavy atom. The molecule has 29 heavy (non-hydrogen) atoms. The van der Waals surface area contributed by atoms with Gasteiger partial charge in [0.2, 0.25) is 0 Å². The number of halogens is 1. The second-order valence-electron chi connectivity index (χ2n) is 7.44. The summed E-state index contributed by atoms with van der Waals surface area (Å²) in [5.74, 6) is -1.69. The summed E-state index contributed by atoms with van der Waals surface area (Å²) in [6, 6.07) is 13.5. The van der Waals surface area contributed by atoms with Gasteiger partial charge in [-0.25, -0.2) is 4.39 Å². The summed E-state index contributed by atoms with van der Waals surface area (Å²) in [5, 5.41) is 5.36. The number of carbonyl (C=O) groups excluding carboxylic acids is 2. The van der Waals surface area contributed by atoms with Crippen LogP contribution in [0.4, 0.5) is 10.1 Å². The van der Waals surface area contributed by atoms with Gasteiger partial charge in [0, 0.05) is 38.4 Å². The molecule has 2 aromatic rings. The molecule has 7 heteroatoms. The van der Waals surface area contributed by atoms with Gasteiger partial charge < -0.3 is 15.5 Å². The average molecular weight is 398 g/mol. The molecule has 0 radical (unpaired) electrons. The van der Waals surface area contributed by atoms with E-state index in [9.17, 15) is 14.0 Å². The van der Waals surface area contributed by atoms with Crippen molar-refractivity contribution in [3.05, 3.63) is 65.5 Å². The number of nitrogens with one attached hydrogen (secondary N) is 2. The topological polar surface area (TPSA) is 64.7 Å². The van der Waals surface area contributed by atoms with Crippen molar-refractivity contribution in [3.8, 4) is 0 Å². The van der Waals surface area contributed by atoms with E-state index in [1.54, 1.807) is 24.3 Å². The van der Waals surface area contributed by atoms with Crippen molar-refractivity contribution < 1.29 is 14.0 Å². The number of nitrogens with zero attached hydrogens (tertiary/aromatic N) is 2. The highest BCUT2D eigenvalue weighted by Crippen LogP contribution is 2.22. The van der Waals surface area contributed by atoms with Gasteiger partial charge in [-0.1, -0.05) is 24.3 Å². The van der Waals surface area contributed by atoms with Crippen LogP contribution in [0.3, 0.4) is 0 Å². The van der Waals surface area contributed by atoms with Gasteiger partial charge in [-0.3, -0.25) is 14.5 Å². The predicted molar refractivity (Wildman–Crippen MR) is 111 cm³/mol. The Hall–Kier alpha value is -2.77. The largest absolute Gasteiger partial charge is 0.346 e. The van der Waals surface area contributed by atoms with Crippen LogP contribution in [-0.4, -0.2) is 61.4 Å². The number of hydrogen-bond acceptors (Lipinski definition) is 4. The highest BCUT2D eigenvalue weighted by Gasteiger charge is 2.25. The summed E-state index contributed by atoms with van der Waals surface area (Å²) in [6.07, 6.45) is 0. The number of benzene rings is 2. The first-order chi connectivity index (χ1) is 13.9. The number of likely N-dealkylation sites (N-methyl/N-ethyl adjacent to an activating group) is 1. The monoisotopic (exact) mass is 398 g/mol. The quantitative estimate of drug-likeness (QED) is 0.758. The molecule has 1 aliphatic heterocycles. The fourth-order valence-corrected chi connectivity index (χ4v) is 3.46. The summed E-state index contributed by atoms with van der Waals surface area (Å²) in [5.41, 5.74) is 2.49. The molecule has 1 atom stereocenters. The number of carbonyl (C=O) groups is 2. The lowest BCUT2D eigenvalue weighted by Gasteiger charge is -2.38. The highest BCUT2D eigenvalue weighted by atomic mass is 19.1. The Bertz CT molecular complexity index is 848. The molecule has 0 bridgehead atoms. The molecule has 3 rings (SSSR count). The third kappa shape index (κ3) is 5.85. The summed E-state index contributed by atoms with van der Waals surface area (Å²) >= 11 is 0. The van der Waals surface area contributed by atoms with Crippen LogP contribution in [0, 0.1) is 12.7 Å². The second kappa shape index (κ2) is 9.62. The maximum absolute atomic E-state index is 13.4. The molecule has 0 aromatic heterocycles. The number of anilines is 1. The van der Waals surface area contributed by atoms with Crippen LogP contribution in [-0.2, 0) is 9.59 Å². The molecule has 154 valence electrons. The summed E-state index contributed by atoms with van der Waals surface area (Å²) in [7, 11) is 2.07. The zero-order valence-electron chi connectivity index (χ0n) is 16.8. The standard InChI is InChI=1S/C22H27FN4O2/c1-16-4-3-5-19(14-16)25-22(29)21(28)24-15-20(17-6-8-18(23)9-7-17)27-12-10-26(2)11-13-27/h3-9,14,20H,10-13,15H2,1-2H3,(H,24,28)(H,25,29)/t20-/m0/s1. The summed E-state index contributed by atoms with van der Waals surface area (Å²) < 4.78 is 13.4. The molecule has 1 aliphatic rings. The van der Waals surface area contributed by atoms with E-state index in [2.05, 4.69) is 27.5 Å². The number of aryl methyl sites for hydroxylation is 1. The normalized spacial score (nSPS) is 16.2. The first-order valence-corrected chi connectivity index (χ1v) is 9.76. The van der Waals surface area contributed by atoms with E-state index in [0.29, 0.717) is 5.69 Å². The molecular weight excluding hydrogens is 371 g/mol. The van der Waals surface area contributed by atoms with Crippen molar-refractivity contribution in [2.24, 2.45) is 0 Å². The highest BCUT2D eigenvalue weighted by molar-refractivity contribution is 6.39. The molecule has 1 fully saturated rings. The lowest BCUT2D eigenvalue weighted by atomic mass is 10.0. The van der Waals surface area contributed by atoms with Gasteiger partial charge in [0.15, 0.2) is 0 Å². The third-order valence-corrected chi connectivity index (χ3v) is 5.17. The van der Waals surface area contributed by atoms with Gasteiger partial charge in [0.1, 0.15) is 5.82 Å². The minimum atomic E-state index is -0.702. The lowest BCUT2D eigenvalue weighted by Crippen LogP contribution is -2.49. The molecule has 6 nitrogen and oxygen atoms in total. The SMILES string of the molecule is Cc1cccc(NC(=O)C(=O)NC[C@@H](c2ccc(F)cc2)N2CCN(C)CC2)c1. The summed E-state index contributed by atoms with van der Waals surface area (Å²) in [6.45, 7) is 5.70. The molecule has 1 heterocycles. The number of amides is 2. The first-order valence-electron chi connectivity index (χ1n) is 9.76. The molecule has 0 unspecified atom stereocenters. The van der Waals surface area contributed by atoms with E-state index in [1.807, 2.05) is 19.1 Å². The number of rotatable bonds is 5. The van der Waals surface area contributed by atoms with E-state index in [1.165, 1.54) is 12.1 Å². The van der Waals surface area contributed by atoms with E-state index in [0.717, 1.165) is 37.3 Å². The van der Waals surface area contributed by atoms with Gasteiger partial charge >= 0.3 is 11.8 Å². The van der Waals surface area contributed by atoms with Gasteiger partial charge in [0.05, 0.1) is 6.04 Å². The molecule has 0 spiro atoms. The molecule has 1 saturated heterocycles. The van der Waals surface area contributed by atoms with Crippen molar-refractivity contribution in [2.45, 2.75) is 13.0 Å². The average Bonchev–Trinajstić information content (AvgIpc) is 2.70. The smallest absolute Gasteiger partial charge is 0.313 e. The van der Waals surface area contributed by atoms with Crippen LogP contribution in [0.1, 0.15) is 17.2 Å². The van der Waals surface area contributed by atoms with Crippen molar-refractivity contribution in [1.29, 1.82) is 0 Å². The van der Waals surface area contributed by atoms with E-state index >= 15 is 0 Å². The van der Waals surface area contributed by atoms with Crippen molar-refractivity contribution >= 4 is 17.5 Å². The molecule has 2 aromatic carbocycles. The first kappa shape index (κ1) is 21.0. The van der Waals surface area contributed by atoms with Crippen LogP contribution in [0.15, 0.2) is 48.5 Å². The fraction of sp³-hybridized carbons (Fsp3) is 0.364. The van der Waals surface area contributed by atoms with Gasteiger partial charge in [-0.2, -0.15) is 0 Å². The van der Waals surface area contributed by atoms with Gasteiger partial charge in [0.25, 0.3) is 0 Å². The molecule has 0 saturated carbocycles. The zero-order chi connectivity index (χ0) is 20.8. The van der Waals surface area contributed by atoms with Crippen molar-refractivity contribution in [1.82, 2.24) is 15.1 Å². The Balaban J connectivity index is 1.64. The molecule has 0 aliphatic carbocycles. The molecule has 2 amide bonds. The molecule has 2 N–H and O–H groups in total. The number of piperazine rings is 1. The van der Waals surface area contributed by atoms with E-state index in [-0.39, 0.29) is 18.4 Å². The van der Waals surface area contributed by atoms with Crippen LogP contribution >= 0.6 is 0 Å². The predicted octanol–water partition coefficient (Wildman–Crippen LogP) is 2.18. The molecular formula is C22H27FN4O2. The minimum absolute atomic E-state index is 0.125. The Labute approximate surface area is 170 Å². The lowest BCUT2D eigenvalue weighted by molar-refractivity contribution is -0.136. The summed E-state index contributed by atoms with van der Waals surface area (Å²) in [4.78, 5) is 29.1. The van der Waals surface area contributed by atoms with Gasteiger partial charge in [-0.15, -0.1) is 0 Å². The zero-order valence-corrected chi connectivity index (χ0v) is 16.8. The Kier molecular flexibility index (Phi) is 6.95. The van der Waals surface area contributed by atoms with Crippen LogP contribution in [0.5, 0.6) is 0 Å². The number of hydrogen-bond donors (Lipinski definition) is 2. The van der Waals surface area contributed by atoms with Crippen molar-refractivity contribution in [3.63, 3.8) is 0 Å². The maximum atomic E-state index is 13.4. The van der Waals surface area contributed by atoms with Crippen LogP contribution < -0.4 is 10.6 Å². The maximum Gasteiger partial charge on any atom is 0.313 e. The van der Waals surface area contributed by atoms with E-state index in [4.69, 9.17) is 0 Å². The van der Waals surface area contributed by atoms with Crippen LogP contribution in [0.25, 0.3) is 0 Å². The van der Waals surface area contributed by atoms with Crippen molar-refractivity contribution in [2.75, 3.05) is 45.1 Å². The third-order valence-electron chi connectivity index (χ3n) is 5.17.